The first-order valence-electron chi connectivity index (χ1n) is 8.69. The zero-order chi connectivity index (χ0) is 19.9. The number of aryl methyl sites for hydroxylation is 1. The molecule has 0 unspecified atom stereocenters. The van der Waals surface area contributed by atoms with E-state index in [1.165, 1.54) is 0 Å². The molecule has 0 saturated carbocycles. The van der Waals surface area contributed by atoms with Crippen molar-refractivity contribution >= 4 is 17.5 Å². The Morgan fingerprint density at radius 2 is 1.79 bits per heavy atom. The van der Waals surface area contributed by atoms with E-state index < -0.39 is 0 Å². The monoisotopic (exact) mass is 375 g/mol. The molecule has 0 aliphatic heterocycles. The molecule has 2 N–H and O–H groups in total. The Kier molecular flexibility index (Phi) is 5.92. The number of aromatic nitrogens is 2. The molecule has 142 valence electrons. The molecule has 2 aromatic carbocycles. The van der Waals surface area contributed by atoms with Gasteiger partial charge in [0, 0.05) is 18.3 Å². The number of anilines is 3. The molecule has 0 radical (unpaired) electrons. The number of methoxy groups -OCH3 is 2. The minimum Gasteiger partial charge on any atom is -0.493 e. The summed E-state index contributed by atoms with van der Waals surface area (Å²) in [5.74, 6) is 2.47. The maximum absolute atomic E-state index is 9.23. The van der Waals surface area contributed by atoms with Crippen molar-refractivity contribution in [2.75, 3.05) is 24.9 Å². The van der Waals surface area contributed by atoms with Crippen LogP contribution in [-0.2, 0) is 6.54 Å². The van der Waals surface area contributed by atoms with Crippen molar-refractivity contribution in [3.05, 3.63) is 65.4 Å². The fraction of sp³-hybridized carbons (Fsp3) is 0.190. The van der Waals surface area contributed by atoms with Crippen molar-refractivity contribution in [2.45, 2.75) is 13.5 Å². The van der Waals surface area contributed by atoms with Crippen molar-refractivity contribution in [1.29, 1.82) is 5.26 Å². The lowest BCUT2D eigenvalue weighted by molar-refractivity contribution is 0.354. The number of nitriles is 1. The largest absolute Gasteiger partial charge is 0.493 e. The van der Waals surface area contributed by atoms with E-state index in [4.69, 9.17) is 9.47 Å². The van der Waals surface area contributed by atoms with Gasteiger partial charge in [0.25, 0.3) is 0 Å². The number of benzene rings is 2. The highest BCUT2D eigenvalue weighted by Gasteiger charge is 2.08. The van der Waals surface area contributed by atoms with Gasteiger partial charge < -0.3 is 20.1 Å². The first-order valence-corrected chi connectivity index (χ1v) is 8.69. The van der Waals surface area contributed by atoms with Crippen LogP contribution in [0.2, 0.25) is 0 Å². The van der Waals surface area contributed by atoms with E-state index in [2.05, 4.69) is 26.7 Å². The summed E-state index contributed by atoms with van der Waals surface area (Å²) >= 11 is 0. The van der Waals surface area contributed by atoms with Gasteiger partial charge >= 0.3 is 0 Å². The molecular weight excluding hydrogens is 354 g/mol. The molecular formula is C21H21N5O2. The molecule has 28 heavy (non-hydrogen) atoms. The van der Waals surface area contributed by atoms with Crippen molar-refractivity contribution in [3.63, 3.8) is 0 Å². The first kappa shape index (κ1) is 19.0. The molecule has 0 fully saturated rings. The Bertz CT molecular complexity index is 1010. The Hall–Kier alpha value is -3.79. The quantitative estimate of drug-likeness (QED) is 0.644. The van der Waals surface area contributed by atoms with Crippen LogP contribution < -0.4 is 20.1 Å². The lowest BCUT2D eigenvalue weighted by atomic mass is 10.2. The van der Waals surface area contributed by atoms with Gasteiger partial charge in [-0.15, -0.1) is 0 Å². The van der Waals surface area contributed by atoms with Gasteiger partial charge in [-0.3, -0.25) is 0 Å². The zero-order valence-corrected chi connectivity index (χ0v) is 16.0. The highest BCUT2D eigenvalue weighted by molar-refractivity contribution is 5.63. The van der Waals surface area contributed by atoms with Crippen molar-refractivity contribution in [3.8, 4) is 17.6 Å². The number of ether oxygens (including phenoxy) is 2. The Morgan fingerprint density at radius 3 is 2.54 bits per heavy atom. The maximum atomic E-state index is 9.23. The summed E-state index contributed by atoms with van der Waals surface area (Å²) in [6.45, 7) is 2.45. The normalized spacial score (nSPS) is 10.1. The van der Waals surface area contributed by atoms with Crippen molar-refractivity contribution in [1.82, 2.24) is 9.97 Å². The van der Waals surface area contributed by atoms with E-state index in [0.717, 1.165) is 11.3 Å². The van der Waals surface area contributed by atoms with Crippen molar-refractivity contribution in [2.24, 2.45) is 0 Å². The number of hydrogen-bond acceptors (Lipinski definition) is 7. The van der Waals surface area contributed by atoms with Crippen LogP contribution in [0, 0.1) is 18.3 Å². The van der Waals surface area contributed by atoms with Gasteiger partial charge in [0.15, 0.2) is 11.5 Å². The average molecular weight is 375 g/mol. The Labute approximate surface area is 164 Å². The minimum atomic E-state index is 0.428. The molecule has 0 atom stereocenters. The second-order valence-electron chi connectivity index (χ2n) is 6.04. The van der Waals surface area contributed by atoms with Gasteiger partial charge in [0.05, 0.1) is 25.5 Å². The molecule has 7 nitrogen and oxygen atoms in total. The molecule has 0 spiro atoms. The third-order valence-electron chi connectivity index (χ3n) is 4.07. The van der Waals surface area contributed by atoms with E-state index in [1.54, 1.807) is 20.3 Å². The molecule has 3 aromatic rings. The van der Waals surface area contributed by atoms with E-state index in [0.29, 0.717) is 41.1 Å². The predicted octanol–water partition coefficient (Wildman–Crippen LogP) is 4.03. The molecule has 0 aliphatic carbocycles. The third kappa shape index (κ3) is 4.48. The van der Waals surface area contributed by atoms with Gasteiger partial charge in [-0.1, -0.05) is 18.2 Å². The topological polar surface area (TPSA) is 92.1 Å². The summed E-state index contributed by atoms with van der Waals surface area (Å²) in [4.78, 5) is 8.90. The summed E-state index contributed by atoms with van der Waals surface area (Å²) in [5.41, 5.74) is 3.04. The molecule has 3 rings (SSSR count). The maximum Gasteiger partial charge on any atom is 0.229 e. The molecule has 7 heteroatoms. The van der Waals surface area contributed by atoms with Crippen LogP contribution in [-0.4, -0.2) is 24.2 Å². The summed E-state index contributed by atoms with van der Waals surface area (Å²) < 4.78 is 10.6. The zero-order valence-electron chi connectivity index (χ0n) is 16.0. The third-order valence-corrected chi connectivity index (χ3v) is 4.07. The highest BCUT2D eigenvalue weighted by Crippen LogP contribution is 2.28. The molecule has 0 aliphatic rings. The van der Waals surface area contributed by atoms with Gasteiger partial charge in [0.2, 0.25) is 5.95 Å². The van der Waals surface area contributed by atoms with E-state index in [9.17, 15) is 5.26 Å². The minimum absolute atomic E-state index is 0.428. The van der Waals surface area contributed by atoms with Crippen LogP contribution in [0.5, 0.6) is 11.5 Å². The first-order chi connectivity index (χ1) is 13.6. The average Bonchev–Trinajstić information content (AvgIpc) is 2.72. The van der Waals surface area contributed by atoms with Crippen LogP contribution in [0.4, 0.5) is 17.5 Å². The van der Waals surface area contributed by atoms with E-state index >= 15 is 0 Å². The molecule has 0 amide bonds. The predicted molar refractivity (Wildman–Crippen MR) is 108 cm³/mol. The molecule has 1 heterocycles. The standard InChI is InChI=1S/C21H21N5O2/c1-14-10-20(23-13-15-8-9-18(27-2)19(11-15)28-3)26-21(24-14)25-17-7-5-4-6-16(17)12-22/h4-11H,13H2,1-3H3,(H2,23,24,25,26). The Morgan fingerprint density at radius 1 is 1.00 bits per heavy atom. The number of nitrogens with one attached hydrogen (secondary N) is 2. The van der Waals surface area contributed by atoms with Gasteiger partial charge in [-0.2, -0.15) is 10.2 Å². The van der Waals surface area contributed by atoms with E-state index in [1.807, 2.05) is 49.4 Å². The van der Waals surface area contributed by atoms with Crippen LogP contribution in [0.15, 0.2) is 48.5 Å². The smallest absolute Gasteiger partial charge is 0.229 e. The second kappa shape index (κ2) is 8.73. The SMILES string of the molecule is COc1ccc(CNc2cc(C)nc(Nc3ccccc3C#N)n2)cc1OC. The summed E-state index contributed by atoms with van der Waals surface area (Å²) in [7, 11) is 3.22. The Balaban J connectivity index is 1.76. The van der Waals surface area contributed by atoms with Crippen LogP contribution in [0.25, 0.3) is 0 Å². The highest BCUT2D eigenvalue weighted by atomic mass is 16.5. The number of para-hydroxylation sites is 1. The van der Waals surface area contributed by atoms with Crippen molar-refractivity contribution < 1.29 is 9.47 Å². The number of nitrogens with zero attached hydrogens (tertiary/aromatic N) is 3. The summed E-state index contributed by atoms with van der Waals surface area (Å²) in [6, 6.07) is 17.0. The lowest BCUT2D eigenvalue weighted by Gasteiger charge is -2.12. The fourth-order valence-corrected chi connectivity index (χ4v) is 2.71. The molecule has 0 saturated heterocycles. The van der Waals surface area contributed by atoms with Crippen LogP contribution in [0.3, 0.4) is 0 Å². The summed E-state index contributed by atoms with van der Waals surface area (Å²) in [5, 5.41) is 15.6. The lowest BCUT2D eigenvalue weighted by Crippen LogP contribution is -2.06. The summed E-state index contributed by atoms with van der Waals surface area (Å²) in [6.07, 6.45) is 0. The van der Waals surface area contributed by atoms with E-state index in [-0.39, 0.29) is 0 Å². The van der Waals surface area contributed by atoms with Crippen LogP contribution in [0.1, 0.15) is 16.8 Å². The number of rotatable bonds is 7. The van der Waals surface area contributed by atoms with Gasteiger partial charge in [-0.05, 0) is 36.8 Å². The number of hydrogen-bond donors (Lipinski definition) is 2. The molecule has 1 aromatic heterocycles. The van der Waals surface area contributed by atoms with Gasteiger partial charge in [0.1, 0.15) is 11.9 Å². The van der Waals surface area contributed by atoms with Gasteiger partial charge in [-0.25, -0.2) is 4.98 Å². The fourth-order valence-electron chi connectivity index (χ4n) is 2.71. The van der Waals surface area contributed by atoms with Crippen LogP contribution >= 0.6 is 0 Å². The molecule has 0 bridgehead atoms. The second-order valence-corrected chi connectivity index (χ2v) is 6.04.